The Labute approximate surface area is 165 Å². The number of nitrogens with one attached hydrogen (secondary N) is 1. The highest BCUT2D eigenvalue weighted by molar-refractivity contribution is 9.09. The maximum Gasteiger partial charge on any atom is 0.255 e. The van der Waals surface area contributed by atoms with E-state index >= 15 is 0 Å². The topological polar surface area (TPSA) is 56.2 Å². The minimum atomic E-state index is -0.183. The number of aromatic nitrogens is 2. The summed E-state index contributed by atoms with van der Waals surface area (Å²) in [5.74, 6) is 0.517. The number of carbonyl (C=O) groups excluding carboxylic acids is 1. The Morgan fingerprint density at radius 2 is 1.81 bits per heavy atom. The van der Waals surface area contributed by atoms with Crippen LogP contribution in [0.15, 0.2) is 48.5 Å². The van der Waals surface area contributed by atoms with Crippen LogP contribution < -0.4 is 10.1 Å². The van der Waals surface area contributed by atoms with Gasteiger partial charge in [-0.1, -0.05) is 11.6 Å². The van der Waals surface area contributed by atoms with Gasteiger partial charge in [0.2, 0.25) is 0 Å². The van der Waals surface area contributed by atoms with Gasteiger partial charge in [0, 0.05) is 11.3 Å². The van der Waals surface area contributed by atoms with Gasteiger partial charge >= 0.3 is 0 Å². The van der Waals surface area contributed by atoms with Gasteiger partial charge in [-0.15, -0.1) is 0 Å². The molecule has 0 unspecified atom stereocenters. The zero-order valence-corrected chi connectivity index (χ0v) is 16.6. The van der Waals surface area contributed by atoms with E-state index in [4.69, 9.17) is 16.3 Å². The van der Waals surface area contributed by atoms with Crippen LogP contribution in [0.1, 0.15) is 21.7 Å². The molecule has 0 spiro atoms. The second kappa shape index (κ2) is 7.93. The molecule has 0 aliphatic rings. The zero-order chi connectivity index (χ0) is 18.7. The molecule has 26 heavy (non-hydrogen) atoms. The number of alkyl halides is 1. The van der Waals surface area contributed by atoms with E-state index in [-0.39, 0.29) is 5.91 Å². The maximum atomic E-state index is 12.3. The molecule has 3 aromatic rings. The zero-order valence-electron chi connectivity index (χ0n) is 14.3. The van der Waals surface area contributed by atoms with Crippen molar-refractivity contribution >= 4 is 39.1 Å². The van der Waals surface area contributed by atoms with E-state index in [9.17, 15) is 4.79 Å². The Morgan fingerprint density at radius 1 is 1.15 bits per heavy atom. The number of anilines is 1. The Morgan fingerprint density at radius 3 is 2.35 bits per heavy atom. The van der Waals surface area contributed by atoms with Crippen LogP contribution in [0.2, 0.25) is 5.02 Å². The average molecular weight is 435 g/mol. The van der Waals surface area contributed by atoms with Crippen LogP contribution in [0.4, 0.5) is 5.69 Å². The van der Waals surface area contributed by atoms with Crippen molar-refractivity contribution in [2.24, 2.45) is 0 Å². The molecule has 0 saturated carbocycles. The molecule has 1 aromatic heterocycles. The highest BCUT2D eigenvalue weighted by Crippen LogP contribution is 2.23. The maximum absolute atomic E-state index is 12.3. The first kappa shape index (κ1) is 18.5. The van der Waals surface area contributed by atoms with Crippen LogP contribution in [0.25, 0.3) is 5.69 Å². The highest BCUT2D eigenvalue weighted by atomic mass is 79.9. The summed E-state index contributed by atoms with van der Waals surface area (Å²) in [7, 11) is 0. The van der Waals surface area contributed by atoms with Gasteiger partial charge in [-0.05, 0) is 78.3 Å². The lowest BCUT2D eigenvalue weighted by atomic mass is 10.2. The van der Waals surface area contributed by atoms with Gasteiger partial charge in [0.15, 0.2) is 0 Å². The molecule has 0 radical (unpaired) electrons. The summed E-state index contributed by atoms with van der Waals surface area (Å²) >= 11 is 9.39. The summed E-state index contributed by atoms with van der Waals surface area (Å²) in [6.45, 7) is 3.79. The number of nitrogens with zero attached hydrogens (tertiary/aromatic N) is 2. The molecule has 0 bridgehead atoms. The van der Waals surface area contributed by atoms with E-state index in [1.165, 1.54) is 0 Å². The predicted octanol–water partition coefficient (Wildman–Crippen LogP) is 5.13. The number of amides is 1. The standard InChI is InChI=1S/C19H17BrClN3O2/c1-12-18(21)13(2)24(23-12)16-7-5-15(6-8-16)22-19(25)14-3-9-17(10-4-14)26-11-20/h3-10H,11H2,1-2H3,(H,22,25). The Hall–Kier alpha value is -2.31. The fraction of sp³-hybridized carbons (Fsp3) is 0.158. The summed E-state index contributed by atoms with van der Waals surface area (Å²) in [4.78, 5) is 12.3. The molecule has 1 heterocycles. The molecular weight excluding hydrogens is 418 g/mol. The molecule has 1 amide bonds. The quantitative estimate of drug-likeness (QED) is 0.567. The molecule has 0 atom stereocenters. The third-order valence-corrected chi connectivity index (χ3v) is 4.69. The molecular formula is C19H17BrClN3O2. The number of aryl methyl sites for hydroxylation is 1. The molecule has 5 nitrogen and oxygen atoms in total. The van der Waals surface area contributed by atoms with E-state index in [1.807, 2.05) is 38.1 Å². The van der Waals surface area contributed by atoms with Gasteiger partial charge in [-0.2, -0.15) is 5.10 Å². The normalized spacial score (nSPS) is 10.6. The molecule has 0 saturated heterocycles. The number of hydrogen-bond donors (Lipinski definition) is 1. The van der Waals surface area contributed by atoms with Crippen molar-refractivity contribution in [2.45, 2.75) is 13.8 Å². The van der Waals surface area contributed by atoms with Gasteiger partial charge in [0.25, 0.3) is 5.91 Å². The largest absolute Gasteiger partial charge is 0.482 e. The molecule has 134 valence electrons. The molecule has 7 heteroatoms. The summed E-state index contributed by atoms with van der Waals surface area (Å²) in [6.07, 6.45) is 0. The van der Waals surface area contributed by atoms with Gasteiger partial charge in [-0.25, -0.2) is 4.68 Å². The SMILES string of the molecule is Cc1nn(-c2ccc(NC(=O)c3ccc(OCBr)cc3)cc2)c(C)c1Cl. The van der Waals surface area contributed by atoms with Crippen LogP contribution in [-0.4, -0.2) is 21.2 Å². The highest BCUT2D eigenvalue weighted by Gasteiger charge is 2.11. The van der Waals surface area contributed by atoms with Crippen LogP contribution >= 0.6 is 27.5 Å². The Balaban J connectivity index is 1.72. The van der Waals surface area contributed by atoms with Crippen molar-refractivity contribution in [2.75, 3.05) is 10.8 Å². The number of rotatable bonds is 5. The monoisotopic (exact) mass is 433 g/mol. The first-order chi connectivity index (χ1) is 12.5. The van der Waals surface area contributed by atoms with Gasteiger partial charge in [-0.3, -0.25) is 4.79 Å². The van der Waals surface area contributed by atoms with Crippen molar-refractivity contribution < 1.29 is 9.53 Å². The van der Waals surface area contributed by atoms with Crippen LogP contribution in [0.5, 0.6) is 5.75 Å². The van der Waals surface area contributed by atoms with E-state index < -0.39 is 0 Å². The van der Waals surface area contributed by atoms with Gasteiger partial charge < -0.3 is 10.1 Å². The second-order valence-electron chi connectivity index (χ2n) is 5.68. The van der Waals surface area contributed by atoms with Crippen molar-refractivity contribution in [3.05, 3.63) is 70.5 Å². The summed E-state index contributed by atoms with van der Waals surface area (Å²) < 4.78 is 7.08. The van der Waals surface area contributed by atoms with Crippen LogP contribution in [0.3, 0.4) is 0 Å². The van der Waals surface area contributed by atoms with Gasteiger partial charge in [0.05, 0.1) is 22.1 Å². The Bertz CT molecular complexity index is 921. The van der Waals surface area contributed by atoms with Crippen molar-refractivity contribution in [3.8, 4) is 11.4 Å². The summed E-state index contributed by atoms with van der Waals surface area (Å²) in [6, 6.07) is 14.4. The molecule has 1 N–H and O–H groups in total. The summed E-state index contributed by atoms with van der Waals surface area (Å²) in [5.41, 5.74) is 4.21. The second-order valence-corrected chi connectivity index (χ2v) is 6.51. The molecule has 0 fully saturated rings. The third-order valence-electron chi connectivity index (χ3n) is 3.91. The minimum Gasteiger partial charge on any atom is -0.482 e. The number of carbonyl (C=O) groups is 1. The number of benzene rings is 2. The lowest BCUT2D eigenvalue weighted by Crippen LogP contribution is -2.11. The molecule has 3 rings (SSSR count). The van der Waals surface area contributed by atoms with Crippen molar-refractivity contribution in [1.29, 1.82) is 0 Å². The fourth-order valence-electron chi connectivity index (χ4n) is 2.53. The number of halogens is 2. The van der Waals surface area contributed by atoms with Crippen molar-refractivity contribution in [1.82, 2.24) is 9.78 Å². The number of ether oxygens (including phenoxy) is 1. The lowest BCUT2D eigenvalue weighted by molar-refractivity contribution is 0.102. The van der Waals surface area contributed by atoms with E-state index in [2.05, 4.69) is 26.3 Å². The van der Waals surface area contributed by atoms with Crippen molar-refractivity contribution in [3.63, 3.8) is 0 Å². The van der Waals surface area contributed by atoms with Gasteiger partial charge in [0.1, 0.15) is 11.3 Å². The Kier molecular flexibility index (Phi) is 5.64. The molecule has 0 aliphatic carbocycles. The molecule has 2 aromatic carbocycles. The van der Waals surface area contributed by atoms with E-state index in [1.54, 1.807) is 28.9 Å². The average Bonchev–Trinajstić information content (AvgIpc) is 2.91. The fourth-order valence-corrected chi connectivity index (χ4v) is 2.91. The summed E-state index contributed by atoms with van der Waals surface area (Å²) in [5, 5.41) is 7.96. The smallest absolute Gasteiger partial charge is 0.255 e. The first-order valence-corrected chi connectivity index (χ1v) is 9.42. The van der Waals surface area contributed by atoms with Crippen LogP contribution in [0, 0.1) is 13.8 Å². The predicted molar refractivity (Wildman–Crippen MR) is 107 cm³/mol. The van der Waals surface area contributed by atoms with Crippen LogP contribution in [-0.2, 0) is 0 Å². The van der Waals surface area contributed by atoms with E-state index in [0.29, 0.717) is 27.5 Å². The first-order valence-electron chi connectivity index (χ1n) is 7.92. The third kappa shape index (κ3) is 3.92. The lowest BCUT2D eigenvalue weighted by Gasteiger charge is -2.08. The molecule has 0 aliphatic heterocycles. The van der Waals surface area contributed by atoms with E-state index in [0.717, 1.165) is 17.1 Å². The number of hydrogen-bond acceptors (Lipinski definition) is 3. The minimum absolute atomic E-state index is 0.183.